The third kappa shape index (κ3) is 4.72. The first-order chi connectivity index (χ1) is 14.5. The number of amides is 1. The molecular weight excluding hydrogens is 424 g/mol. The van der Waals surface area contributed by atoms with Crippen LogP contribution >= 0.6 is 11.3 Å². The van der Waals surface area contributed by atoms with Crippen LogP contribution in [0.2, 0.25) is 0 Å². The second-order valence-corrected chi connectivity index (χ2v) is 9.70. The number of morpholine rings is 1. The van der Waals surface area contributed by atoms with Crippen molar-refractivity contribution < 1.29 is 17.9 Å². The summed E-state index contributed by atoms with van der Waals surface area (Å²) in [7, 11) is -3.56. The summed E-state index contributed by atoms with van der Waals surface area (Å²) in [5, 5.41) is 5.05. The third-order valence-corrected chi connectivity index (χ3v) is 7.49. The van der Waals surface area contributed by atoms with Crippen molar-refractivity contribution in [3.8, 4) is 0 Å². The average Bonchev–Trinajstić information content (AvgIpc) is 3.36. The Hall–Kier alpha value is -2.27. The number of amidine groups is 1. The largest absolute Gasteiger partial charge is 0.379 e. The van der Waals surface area contributed by atoms with E-state index < -0.39 is 10.0 Å². The predicted octanol–water partition coefficient (Wildman–Crippen LogP) is 1.37. The molecule has 0 bridgehead atoms. The van der Waals surface area contributed by atoms with Crippen LogP contribution in [-0.2, 0) is 19.6 Å². The van der Waals surface area contributed by atoms with Gasteiger partial charge in [0.2, 0.25) is 5.91 Å². The van der Waals surface area contributed by atoms with Crippen LogP contribution in [0, 0.1) is 0 Å². The van der Waals surface area contributed by atoms with Crippen LogP contribution in [0.5, 0.6) is 0 Å². The highest BCUT2D eigenvalue weighted by atomic mass is 32.2. The van der Waals surface area contributed by atoms with E-state index in [0.29, 0.717) is 31.2 Å². The Morgan fingerprint density at radius 2 is 2.03 bits per heavy atom. The number of aliphatic imine (C=N–C) groups is 1. The number of sulfonamides is 1. The first kappa shape index (κ1) is 21.0. The van der Waals surface area contributed by atoms with Gasteiger partial charge in [-0.15, -0.1) is 11.3 Å². The molecule has 1 aromatic heterocycles. The van der Waals surface area contributed by atoms with E-state index in [2.05, 4.69) is 26.0 Å². The van der Waals surface area contributed by atoms with Gasteiger partial charge >= 0.3 is 0 Å². The zero-order valence-corrected chi connectivity index (χ0v) is 18.0. The van der Waals surface area contributed by atoms with Crippen molar-refractivity contribution in [2.24, 2.45) is 4.99 Å². The second kappa shape index (κ2) is 9.25. The van der Waals surface area contributed by atoms with Crippen molar-refractivity contribution in [1.29, 1.82) is 0 Å². The molecule has 8 nitrogen and oxygen atoms in total. The average molecular weight is 449 g/mol. The molecule has 10 heteroatoms. The van der Waals surface area contributed by atoms with Gasteiger partial charge in [0.05, 0.1) is 30.7 Å². The van der Waals surface area contributed by atoms with Crippen LogP contribution in [0.3, 0.4) is 0 Å². The van der Waals surface area contributed by atoms with Crippen molar-refractivity contribution >= 4 is 33.1 Å². The number of nitrogens with zero attached hydrogens (tertiary/aromatic N) is 2. The first-order valence-corrected chi connectivity index (χ1v) is 12.2. The summed E-state index contributed by atoms with van der Waals surface area (Å²) in [6.45, 7) is 3.80. The number of nitrogens with one attached hydrogen (secondary N) is 2. The van der Waals surface area contributed by atoms with Crippen LogP contribution < -0.4 is 10.0 Å². The molecular formula is C20H24N4O4S2. The third-order valence-electron chi connectivity index (χ3n) is 5.12. The molecule has 0 aliphatic carbocycles. The molecule has 1 fully saturated rings. The van der Waals surface area contributed by atoms with Gasteiger partial charge in [-0.05, 0) is 23.6 Å². The molecule has 2 aliphatic heterocycles. The monoisotopic (exact) mass is 448 g/mol. The summed E-state index contributed by atoms with van der Waals surface area (Å²) >= 11 is 1.68. The minimum Gasteiger partial charge on any atom is -0.379 e. The number of benzene rings is 1. The molecule has 0 spiro atoms. The van der Waals surface area contributed by atoms with Gasteiger partial charge in [0.15, 0.2) is 0 Å². The number of hydrogen-bond acceptors (Lipinski definition) is 7. The van der Waals surface area contributed by atoms with E-state index in [0.717, 1.165) is 13.1 Å². The lowest BCUT2D eigenvalue weighted by atomic mass is 10.2. The van der Waals surface area contributed by atoms with Gasteiger partial charge in [0.25, 0.3) is 10.0 Å². The molecule has 2 N–H and O–H groups in total. The van der Waals surface area contributed by atoms with E-state index >= 15 is 0 Å². The zero-order valence-electron chi connectivity index (χ0n) is 16.4. The number of carbonyl (C=O) groups is 1. The van der Waals surface area contributed by atoms with Crippen LogP contribution in [0.15, 0.2) is 51.7 Å². The Labute approximate surface area is 180 Å². The summed E-state index contributed by atoms with van der Waals surface area (Å²) in [6.07, 6.45) is 0.188. The van der Waals surface area contributed by atoms with Gasteiger partial charge < -0.3 is 10.1 Å². The standard InChI is InChI=1S/C20H24N4O4S2/c25-19(7-8-21-20-15-4-1-2-6-18(15)30(26,27)23-20)22-14-16(17-5-3-13-29-17)24-9-11-28-12-10-24/h1-6,13,16H,7-12,14H2,(H,21,23)(H,22,25). The summed E-state index contributed by atoms with van der Waals surface area (Å²) < 4.78 is 32.1. The highest BCUT2D eigenvalue weighted by Crippen LogP contribution is 2.25. The lowest BCUT2D eigenvalue weighted by Gasteiger charge is -2.34. The molecule has 30 heavy (non-hydrogen) atoms. The molecule has 2 aromatic rings. The highest BCUT2D eigenvalue weighted by molar-refractivity contribution is 7.90. The van der Waals surface area contributed by atoms with Gasteiger partial charge in [-0.1, -0.05) is 18.2 Å². The second-order valence-electron chi connectivity index (χ2n) is 7.07. The van der Waals surface area contributed by atoms with Gasteiger partial charge in [-0.2, -0.15) is 0 Å². The van der Waals surface area contributed by atoms with Crippen molar-refractivity contribution in [2.45, 2.75) is 17.4 Å². The molecule has 2 aliphatic rings. The van der Waals surface area contributed by atoms with Crippen molar-refractivity contribution in [2.75, 3.05) is 39.4 Å². The number of ether oxygens (including phenoxy) is 1. The lowest BCUT2D eigenvalue weighted by Crippen LogP contribution is -2.43. The fourth-order valence-corrected chi connectivity index (χ4v) is 5.71. The van der Waals surface area contributed by atoms with Crippen LogP contribution in [0.4, 0.5) is 0 Å². The van der Waals surface area contributed by atoms with Crippen LogP contribution in [-0.4, -0.2) is 64.5 Å². The lowest BCUT2D eigenvalue weighted by molar-refractivity contribution is -0.121. The molecule has 4 rings (SSSR count). The van der Waals surface area contributed by atoms with Gasteiger partial charge in [-0.3, -0.25) is 19.4 Å². The topological polar surface area (TPSA) is 100 Å². The van der Waals surface area contributed by atoms with Gasteiger partial charge in [-0.25, -0.2) is 8.42 Å². The predicted molar refractivity (Wildman–Crippen MR) is 115 cm³/mol. The normalized spacial score (nSPS) is 20.5. The molecule has 0 radical (unpaired) electrons. The summed E-state index contributed by atoms with van der Waals surface area (Å²) in [5.74, 6) is 0.187. The van der Waals surface area contributed by atoms with E-state index in [9.17, 15) is 13.2 Å². The Bertz CT molecular complexity index is 1020. The Balaban J connectivity index is 1.33. The number of thiophene rings is 1. The molecule has 3 heterocycles. The maximum atomic E-state index is 12.4. The Morgan fingerprint density at radius 1 is 1.23 bits per heavy atom. The zero-order chi connectivity index (χ0) is 21.0. The van der Waals surface area contributed by atoms with E-state index in [1.54, 1.807) is 35.6 Å². The molecule has 1 unspecified atom stereocenters. The number of hydrogen-bond donors (Lipinski definition) is 2. The number of carbonyl (C=O) groups excluding carboxylic acids is 1. The summed E-state index contributed by atoms with van der Waals surface area (Å²) in [5.41, 5.74) is 0.544. The molecule has 1 aromatic carbocycles. The van der Waals surface area contributed by atoms with Crippen molar-refractivity contribution in [1.82, 2.24) is 14.9 Å². The quantitative estimate of drug-likeness (QED) is 0.666. The Kier molecular flexibility index (Phi) is 6.47. The first-order valence-electron chi connectivity index (χ1n) is 9.83. The van der Waals surface area contributed by atoms with E-state index in [-0.39, 0.29) is 29.8 Å². The fraction of sp³-hybridized carbons (Fsp3) is 0.400. The summed E-state index contributed by atoms with van der Waals surface area (Å²) in [4.78, 5) is 20.5. The molecule has 1 amide bonds. The maximum Gasteiger partial charge on any atom is 0.263 e. The van der Waals surface area contributed by atoms with Gasteiger partial charge in [0.1, 0.15) is 5.84 Å². The van der Waals surface area contributed by atoms with E-state index in [1.807, 2.05) is 11.4 Å². The van der Waals surface area contributed by atoms with E-state index in [4.69, 9.17) is 4.74 Å². The van der Waals surface area contributed by atoms with Crippen molar-refractivity contribution in [3.05, 3.63) is 52.2 Å². The van der Waals surface area contributed by atoms with Crippen molar-refractivity contribution in [3.63, 3.8) is 0 Å². The number of rotatable bonds is 7. The molecule has 0 saturated carbocycles. The smallest absolute Gasteiger partial charge is 0.263 e. The highest BCUT2D eigenvalue weighted by Gasteiger charge is 2.30. The fourth-order valence-electron chi connectivity index (χ4n) is 3.60. The molecule has 160 valence electrons. The van der Waals surface area contributed by atoms with Crippen LogP contribution in [0.1, 0.15) is 22.9 Å². The van der Waals surface area contributed by atoms with Crippen LogP contribution in [0.25, 0.3) is 0 Å². The Morgan fingerprint density at radius 3 is 2.80 bits per heavy atom. The maximum absolute atomic E-state index is 12.4. The molecule has 1 saturated heterocycles. The van der Waals surface area contributed by atoms with Gasteiger partial charge in [0, 0.05) is 36.5 Å². The number of fused-ring (bicyclic) bond motifs is 1. The SMILES string of the molecule is O=C(CCN=C1NS(=O)(=O)c2ccccc21)NCC(c1cccs1)N1CCOCC1. The minimum absolute atomic E-state index is 0.108. The summed E-state index contributed by atoms with van der Waals surface area (Å²) in [6, 6.07) is 10.9. The van der Waals surface area contributed by atoms with E-state index in [1.165, 1.54) is 4.88 Å². The molecule has 1 atom stereocenters. The minimum atomic E-state index is -3.56.